The number of aryl methyl sites for hydroxylation is 2. The van der Waals surface area contributed by atoms with Crippen LogP contribution < -0.4 is 35.6 Å². The second kappa shape index (κ2) is 25.9. The second-order valence-electron chi connectivity index (χ2n) is 23.1. The molecule has 29 heteroatoms. The molecule has 0 unspecified atom stereocenters. The van der Waals surface area contributed by atoms with Gasteiger partial charge in [0.05, 0.1) is 48.1 Å². The average molecular weight is 1240 g/mol. The third-order valence-corrected chi connectivity index (χ3v) is 16.6. The number of fused-ring (bicyclic) bond motifs is 1. The minimum Gasteiger partial charge on any atom is -0.485 e. The van der Waals surface area contributed by atoms with E-state index < -0.39 is 38.7 Å². The van der Waals surface area contributed by atoms with Crippen molar-refractivity contribution in [1.82, 2.24) is 59.1 Å². The SMILES string of the molecule is Cc1cc(COC(=O)N2CCN(c3ccc(Nc4ncc(C)c(Nc5cccc(S(=O)(=O)NC(C)(C)C)c5)n4)cc3)CC2)c(OCc2cnc([N+](=O)[O-])n2C)c(COC(=O)n2cc(NC(=O)NC3CC3)c(-c3nc4ccc(CN5CCOCC5)cc4[nH]3)n2)c1. The number of aromatic amines is 1. The predicted molar refractivity (Wildman–Crippen MR) is 330 cm³/mol. The molecule has 8 aromatic rings. The van der Waals surface area contributed by atoms with Crippen molar-refractivity contribution in [3.05, 3.63) is 141 Å². The number of anilines is 6. The van der Waals surface area contributed by atoms with Crippen LogP contribution in [-0.4, -0.2) is 145 Å². The highest BCUT2D eigenvalue weighted by Gasteiger charge is 2.29. The number of benzene rings is 4. The molecule has 2 saturated heterocycles. The summed E-state index contributed by atoms with van der Waals surface area (Å²) < 4.78 is 54.8. The molecule has 89 heavy (non-hydrogen) atoms. The molecule has 2 aliphatic heterocycles. The van der Waals surface area contributed by atoms with E-state index in [4.69, 9.17) is 23.9 Å². The first-order chi connectivity index (χ1) is 42.7. The third kappa shape index (κ3) is 15.2. The van der Waals surface area contributed by atoms with Gasteiger partial charge >= 0.3 is 24.2 Å². The number of urea groups is 1. The predicted octanol–water partition coefficient (Wildman–Crippen LogP) is 8.38. The van der Waals surface area contributed by atoms with Crippen LogP contribution in [0.2, 0.25) is 0 Å². The van der Waals surface area contributed by atoms with E-state index in [1.165, 1.54) is 30.1 Å². The maximum absolute atomic E-state index is 14.1. The van der Waals surface area contributed by atoms with E-state index in [0.29, 0.717) is 85.0 Å². The van der Waals surface area contributed by atoms with Crippen molar-refractivity contribution in [3.63, 3.8) is 0 Å². The molecular formula is C60H69N17O11S. The summed E-state index contributed by atoms with van der Waals surface area (Å²) in [7, 11) is -2.27. The molecule has 3 amide bonds. The Hall–Kier alpha value is -9.71. The second-order valence-corrected chi connectivity index (χ2v) is 24.8. The fourth-order valence-corrected chi connectivity index (χ4v) is 11.7. The van der Waals surface area contributed by atoms with Crippen LogP contribution in [0.1, 0.15) is 67.1 Å². The van der Waals surface area contributed by atoms with Crippen LogP contribution in [0, 0.1) is 24.0 Å². The summed E-state index contributed by atoms with van der Waals surface area (Å²) in [6, 6.07) is 23.3. The van der Waals surface area contributed by atoms with Crippen LogP contribution in [0.5, 0.6) is 5.75 Å². The van der Waals surface area contributed by atoms with Crippen LogP contribution in [-0.2, 0) is 57.6 Å². The Morgan fingerprint density at radius 1 is 0.831 bits per heavy atom. The van der Waals surface area contributed by atoms with Gasteiger partial charge in [0.1, 0.15) is 37.6 Å². The number of nitro groups is 1. The first-order valence-electron chi connectivity index (χ1n) is 29.0. The van der Waals surface area contributed by atoms with Crippen molar-refractivity contribution in [3.8, 4) is 17.3 Å². The number of aromatic nitrogens is 8. The van der Waals surface area contributed by atoms with Crippen molar-refractivity contribution < 1.29 is 46.7 Å². The highest BCUT2D eigenvalue weighted by atomic mass is 32.2. The zero-order chi connectivity index (χ0) is 62.6. The maximum atomic E-state index is 14.1. The Balaban J connectivity index is 0.740. The molecule has 6 N–H and O–H groups in total. The molecular weight excluding hydrogens is 1170 g/mol. The molecule has 0 atom stereocenters. The summed E-state index contributed by atoms with van der Waals surface area (Å²) >= 11 is 0. The monoisotopic (exact) mass is 1240 g/mol. The molecule has 4 aromatic carbocycles. The number of nitrogens with zero attached hydrogens (tertiary/aromatic N) is 11. The van der Waals surface area contributed by atoms with Crippen molar-refractivity contribution >= 4 is 79.7 Å². The molecule has 3 aliphatic rings. The lowest BCUT2D eigenvalue weighted by Crippen LogP contribution is -2.48. The third-order valence-electron chi connectivity index (χ3n) is 14.9. The fourth-order valence-electron chi connectivity index (χ4n) is 10.2. The van der Waals surface area contributed by atoms with E-state index in [2.05, 4.69) is 60.8 Å². The molecule has 11 rings (SSSR count). The van der Waals surface area contributed by atoms with Gasteiger partial charge in [-0.2, -0.15) is 14.8 Å². The number of rotatable bonds is 20. The molecule has 0 radical (unpaired) electrons. The molecule has 0 bridgehead atoms. The number of ether oxygens (including phenoxy) is 4. The Morgan fingerprint density at radius 2 is 1.56 bits per heavy atom. The first-order valence-corrected chi connectivity index (χ1v) is 30.5. The summed E-state index contributed by atoms with van der Waals surface area (Å²) in [6.07, 6.45) is 4.63. The lowest BCUT2D eigenvalue weighted by Gasteiger charge is -2.35. The summed E-state index contributed by atoms with van der Waals surface area (Å²) in [5.41, 5.74) is 7.12. The zero-order valence-electron chi connectivity index (χ0n) is 50.0. The number of carbonyl (C=O) groups excluding carboxylic acids is 3. The Morgan fingerprint density at radius 3 is 2.26 bits per heavy atom. The van der Waals surface area contributed by atoms with Crippen LogP contribution in [0.15, 0.2) is 102 Å². The average Bonchev–Trinajstić information content (AvgIpc) is 2.84. The number of sulfonamides is 1. The number of imidazole rings is 2. The minimum atomic E-state index is -3.76. The Labute approximate surface area is 512 Å². The smallest absolute Gasteiger partial charge is 0.435 e. The van der Waals surface area contributed by atoms with E-state index in [1.807, 2.05) is 56.3 Å². The maximum Gasteiger partial charge on any atom is 0.435 e. The standard InChI is InChI=1S/C60H69N17O11S/c1-37-26-40(34-87-58(79)75-20-18-74(19-21-75)45-15-13-42(14-16-45)64-55-61-30-38(2)53(69-55)63-44-8-7-9-47(29-44)89(83,84)71-60(3,4)5)52(86-36-46-31-62-57(72(46)6)77(81)82)41(27-37)35-88-59(80)76-33-50(68-56(78)65-43-11-12-43)51(70-76)54-66-48-17-10-39(28-49(48)67-54)32-73-22-24-85-25-23-73/h7-10,13-17,26-31,33,43,71H,11-12,18-25,32,34-36H2,1-6H3,(H,66,67)(H2,65,68,78)(H2,61,63,64,69). The highest BCUT2D eigenvalue weighted by Crippen LogP contribution is 2.33. The van der Waals surface area contributed by atoms with E-state index in [9.17, 15) is 32.9 Å². The van der Waals surface area contributed by atoms with Gasteiger partial charge in [-0.1, -0.05) is 22.7 Å². The first kappa shape index (κ1) is 61.0. The summed E-state index contributed by atoms with van der Waals surface area (Å²) in [6.45, 7) is 13.7. The number of carbonyl (C=O) groups is 3. The fraction of sp³-hybridized carbons (Fsp3) is 0.367. The number of nitrogens with one attached hydrogen (secondary N) is 6. The number of hydrogen-bond donors (Lipinski definition) is 6. The van der Waals surface area contributed by atoms with Gasteiger partial charge in [0.2, 0.25) is 16.0 Å². The topological polar surface area (TPSA) is 325 Å². The number of hydrogen-bond acceptors (Lipinski definition) is 20. The van der Waals surface area contributed by atoms with E-state index in [-0.39, 0.29) is 53.8 Å². The van der Waals surface area contributed by atoms with Crippen LogP contribution >= 0.6 is 0 Å². The van der Waals surface area contributed by atoms with Gasteiger partial charge in [-0.15, -0.1) is 0 Å². The molecule has 466 valence electrons. The lowest BCUT2D eigenvalue weighted by atomic mass is 10.1. The van der Waals surface area contributed by atoms with Crippen LogP contribution in [0.4, 0.5) is 54.8 Å². The normalized spacial score (nSPS) is 14.8. The molecule has 1 aliphatic carbocycles. The molecule has 4 aromatic heterocycles. The van der Waals surface area contributed by atoms with E-state index in [0.717, 1.165) is 70.7 Å². The van der Waals surface area contributed by atoms with Crippen molar-refractivity contribution in [2.24, 2.45) is 7.05 Å². The number of H-pyrrole nitrogens is 1. The van der Waals surface area contributed by atoms with Gasteiger partial charge in [0.25, 0.3) is 0 Å². The van der Waals surface area contributed by atoms with Gasteiger partial charge < -0.3 is 65.1 Å². The molecule has 3 fully saturated rings. The molecule has 28 nitrogen and oxygen atoms in total. The number of piperazine rings is 1. The lowest BCUT2D eigenvalue weighted by molar-refractivity contribution is -0.396. The quantitative estimate of drug-likeness (QED) is 0.0308. The van der Waals surface area contributed by atoms with Gasteiger partial charge in [-0.25, -0.2) is 42.1 Å². The van der Waals surface area contributed by atoms with E-state index in [1.54, 1.807) is 62.2 Å². The Bertz CT molecular complexity index is 4050. The Kier molecular flexibility index (Phi) is 17.8. The largest absolute Gasteiger partial charge is 0.485 e. The highest BCUT2D eigenvalue weighted by molar-refractivity contribution is 7.89. The van der Waals surface area contributed by atoms with E-state index >= 15 is 0 Å². The van der Waals surface area contributed by atoms with Crippen molar-refractivity contribution in [2.75, 3.05) is 73.3 Å². The zero-order valence-corrected chi connectivity index (χ0v) is 50.8. The van der Waals surface area contributed by atoms with Crippen LogP contribution in [0.3, 0.4) is 0 Å². The summed E-state index contributed by atoms with van der Waals surface area (Å²) in [5, 5.41) is 28.5. The molecule has 0 spiro atoms. The van der Waals surface area contributed by atoms with Gasteiger partial charge in [-0.3, -0.25) is 4.90 Å². The number of morpholine rings is 1. The molecule has 1 saturated carbocycles. The van der Waals surface area contributed by atoms with Crippen LogP contribution in [0.25, 0.3) is 22.6 Å². The minimum absolute atomic E-state index is 0.0509. The summed E-state index contributed by atoms with van der Waals surface area (Å²) in [4.78, 5) is 79.5. The number of amides is 3. The van der Waals surface area contributed by atoms with Crippen molar-refractivity contribution in [1.29, 1.82) is 0 Å². The van der Waals surface area contributed by atoms with Gasteiger partial charge in [-0.05, 0) is 125 Å². The summed E-state index contributed by atoms with van der Waals surface area (Å²) in [5.74, 6) is 0.972. The van der Waals surface area contributed by atoms with Crippen molar-refractivity contribution in [2.45, 2.75) is 90.3 Å². The molecule has 6 heterocycles. The van der Waals surface area contributed by atoms with Gasteiger partial charge in [0.15, 0.2) is 17.2 Å². The van der Waals surface area contributed by atoms with Gasteiger partial charge in [0, 0.05) is 97.3 Å².